The van der Waals surface area contributed by atoms with Gasteiger partial charge < -0.3 is 5.32 Å². The van der Waals surface area contributed by atoms with Crippen molar-refractivity contribution in [2.75, 3.05) is 5.32 Å². The number of hydrogen-bond donors (Lipinski definition) is 1. The van der Waals surface area contributed by atoms with E-state index in [0.717, 1.165) is 29.7 Å². The average Bonchev–Trinajstić information content (AvgIpc) is 2.90. The minimum Gasteiger partial charge on any atom is -0.312 e. The summed E-state index contributed by atoms with van der Waals surface area (Å²) >= 11 is 7.25. The van der Waals surface area contributed by atoms with Gasteiger partial charge in [0.05, 0.1) is 10.5 Å². The van der Waals surface area contributed by atoms with E-state index in [-0.39, 0.29) is 16.3 Å². The fraction of sp³-hybridized carbons (Fsp3) is 0.294. The van der Waals surface area contributed by atoms with Gasteiger partial charge >= 0.3 is 0 Å². The van der Waals surface area contributed by atoms with Crippen LogP contribution in [0.4, 0.5) is 10.7 Å². The standard InChI is InChI=1S/C17H14ClN3O3S/c1-9-2-4-11-13(8-19)17(25-15(11)6-9)20-16(22)12-7-10(18)3-5-14(12)21(23)24/h3,5,7,9H,2,4,6H2,1H3,(H,20,22)/t9-/m1/s1. The minimum atomic E-state index is -0.641. The number of carbonyl (C=O) groups excluding carboxylic acids is 1. The Balaban J connectivity index is 1.96. The Morgan fingerprint density at radius 3 is 2.96 bits per heavy atom. The molecule has 1 aliphatic rings. The summed E-state index contributed by atoms with van der Waals surface area (Å²) in [7, 11) is 0. The van der Waals surface area contributed by atoms with E-state index in [1.165, 1.54) is 29.5 Å². The lowest BCUT2D eigenvalue weighted by molar-refractivity contribution is -0.385. The first-order chi connectivity index (χ1) is 11.9. The molecule has 0 saturated carbocycles. The van der Waals surface area contributed by atoms with E-state index in [1.807, 2.05) is 0 Å². The van der Waals surface area contributed by atoms with Crippen LogP contribution in [-0.4, -0.2) is 10.8 Å². The summed E-state index contributed by atoms with van der Waals surface area (Å²) in [6, 6.07) is 5.98. The Labute approximate surface area is 153 Å². The number of benzene rings is 1. The molecule has 1 aromatic heterocycles. The number of amides is 1. The molecule has 25 heavy (non-hydrogen) atoms. The zero-order valence-electron chi connectivity index (χ0n) is 13.3. The normalized spacial score (nSPS) is 16.0. The zero-order chi connectivity index (χ0) is 18.1. The summed E-state index contributed by atoms with van der Waals surface area (Å²) < 4.78 is 0. The van der Waals surface area contributed by atoms with Crippen LogP contribution in [0, 0.1) is 27.4 Å². The summed E-state index contributed by atoms with van der Waals surface area (Å²) in [4.78, 5) is 24.2. The molecule has 1 amide bonds. The Morgan fingerprint density at radius 2 is 2.28 bits per heavy atom. The van der Waals surface area contributed by atoms with E-state index in [1.54, 1.807) is 0 Å². The molecule has 0 unspecified atom stereocenters. The van der Waals surface area contributed by atoms with Crippen LogP contribution in [0.5, 0.6) is 0 Å². The molecule has 128 valence electrons. The number of thiophene rings is 1. The molecule has 1 aliphatic carbocycles. The Hall–Kier alpha value is -2.43. The van der Waals surface area contributed by atoms with Crippen molar-refractivity contribution in [3.8, 4) is 6.07 Å². The van der Waals surface area contributed by atoms with Crippen LogP contribution >= 0.6 is 22.9 Å². The second kappa shape index (κ2) is 6.82. The largest absolute Gasteiger partial charge is 0.312 e. The van der Waals surface area contributed by atoms with Crippen molar-refractivity contribution in [1.82, 2.24) is 0 Å². The van der Waals surface area contributed by atoms with Gasteiger partial charge in [0, 0.05) is 16.0 Å². The number of halogens is 1. The highest BCUT2D eigenvalue weighted by molar-refractivity contribution is 7.16. The average molecular weight is 376 g/mol. The zero-order valence-corrected chi connectivity index (χ0v) is 14.9. The molecule has 0 aliphatic heterocycles. The van der Waals surface area contributed by atoms with Gasteiger partial charge in [0.15, 0.2) is 0 Å². The highest BCUT2D eigenvalue weighted by Crippen LogP contribution is 2.39. The van der Waals surface area contributed by atoms with Crippen molar-refractivity contribution in [2.24, 2.45) is 5.92 Å². The molecular weight excluding hydrogens is 362 g/mol. The van der Waals surface area contributed by atoms with E-state index in [9.17, 15) is 20.2 Å². The molecule has 1 N–H and O–H groups in total. The molecular formula is C17H14ClN3O3S. The summed E-state index contributed by atoms with van der Waals surface area (Å²) in [6.07, 6.45) is 2.69. The predicted octanol–water partition coefficient (Wildman–Crippen LogP) is 4.56. The van der Waals surface area contributed by atoms with Crippen LogP contribution in [0.2, 0.25) is 5.02 Å². The molecule has 1 atom stereocenters. The van der Waals surface area contributed by atoms with Crippen molar-refractivity contribution in [3.63, 3.8) is 0 Å². The summed E-state index contributed by atoms with van der Waals surface area (Å²) in [5.74, 6) is -0.104. The third kappa shape index (κ3) is 3.36. The van der Waals surface area contributed by atoms with Crippen LogP contribution in [-0.2, 0) is 12.8 Å². The second-order valence-corrected chi connectivity index (χ2v) is 7.58. The van der Waals surface area contributed by atoms with Gasteiger partial charge in [-0.1, -0.05) is 18.5 Å². The maximum atomic E-state index is 12.6. The first-order valence-electron chi connectivity index (χ1n) is 7.70. The van der Waals surface area contributed by atoms with Gasteiger partial charge in [-0.15, -0.1) is 11.3 Å². The number of nitro benzene ring substituents is 1. The van der Waals surface area contributed by atoms with Crippen LogP contribution in [0.1, 0.15) is 39.7 Å². The lowest BCUT2D eigenvalue weighted by Gasteiger charge is -2.17. The van der Waals surface area contributed by atoms with Gasteiger partial charge in [0.2, 0.25) is 0 Å². The Morgan fingerprint density at radius 1 is 1.52 bits per heavy atom. The highest BCUT2D eigenvalue weighted by Gasteiger charge is 2.26. The van der Waals surface area contributed by atoms with Crippen LogP contribution in [0.15, 0.2) is 18.2 Å². The van der Waals surface area contributed by atoms with Gasteiger partial charge in [-0.25, -0.2) is 0 Å². The van der Waals surface area contributed by atoms with Gasteiger partial charge in [-0.3, -0.25) is 14.9 Å². The first-order valence-corrected chi connectivity index (χ1v) is 8.90. The fourth-order valence-corrected chi connectivity index (χ4v) is 4.51. The Kier molecular flexibility index (Phi) is 4.75. The maximum absolute atomic E-state index is 12.6. The number of rotatable bonds is 3. The molecule has 1 heterocycles. The van der Waals surface area contributed by atoms with E-state index >= 15 is 0 Å². The van der Waals surface area contributed by atoms with Crippen LogP contribution in [0.3, 0.4) is 0 Å². The fourth-order valence-electron chi connectivity index (χ4n) is 2.98. The summed E-state index contributed by atoms with van der Waals surface area (Å²) in [5, 5.41) is 24.0. The highest BCUT2D eigenvalue weighted by atomic mass is 35.5. The quantitative estimate of drug-likeness (QED) is 0.628. The predicted molar refractivity (Wildman–Crippen MR) is 96.3 cm³/mol. The van der Waals surface area contributed by atoms with E-state index in [4.69, 9.17) is 11.6 Å². The second-order valence-electron chi connectivity index (χ2n) is 6.04. The van der Waals surface area contributed by atoms with E-state index in [0.29, 0.717) is 16.5 Å². The van der Waals surface area contributed by atoms with Gasteiger partial charge in [-0.2, -0.15) is 5.26 Å². The number of nitrogens with zero attached hydrogens (tertiary/aromatic N) is 2. The Bertz CT molecular complexity index is 917. The first kappa shape index (κ1) is 17.4. The number of hydrogen-bond acceptors (Lipinski definition) is 5. The maximum Gasteiger partial charge on any atom is 0.282 e. The number of carbonyl (C=O) groups is 1. The van der Waals surface area contributed by atoms with Crippen molar-refractivity contribution in [3.05, 3.63) is 54.9 Å². The summed E-state index contributed by atoms with van der Waals surface area (Å²) in [5.41, 5.74) is 1.00. The van der Waals surface area contributed by atoms with Crippen LogP contribution in [0.25, 0.3) is 0 Å². The molecule has 0 bridgehead atoms. The minimum absolute atomic E-state index is 0.124. The van der Waals surface area contributed by atoms with Gasteiger partial charge in [0.25, 0.3) is 11.6 Å². The molecule has 8 heteroatoms. The van der Waals surface area contributed by atoms with Crippen LogP contribution < -0.4 is 5.32 Å². The number of nitrogens with one attached hydrogen (secondary N) is 1. The van der Waals surface area contributed by atoms with Crippen molar-refractivity contribution in [1.29, 1.82) is 5.26 Å². The smallest absolute Gasteiger partial charge is 0.282 e. The monoisotopic (exact) mass is 375 g/mol. The van der Waals surface area contributed by atoms with Gasteiger partial charge in [-0.05, 0) is 42.9 Å². The molecule has 0 saturated heterocycles. The van der Waals surface area contributed by atoms with Crippen molar-refractivity contribution in [2.45, 2.75) is 26.2 Å². The van der Waals surface area contributed by atoms with Crippen molar-refractivity contribution < 1.29 is 9.72 Å². The molecule has 2 aromatic rings. The molecule has 6 nitrogen and oxygen atoms in total. The van der Waals surface area contributed by atoms with Gasteiger partial charge in [0.1, 0.15) is 16.6 Å². The van der Waals surface area contributed by atoms with E-state index in [2.05, 4.69) is 18.3 Å². The molecule has 0 fully saturated rings. The lowest BCUT2D eigenvalue weighted by Crippen LogP contribution is -2.14. The number of anilines is 1. The van der Waals surface area contributed by atoms with Crippen molar-refractivity contribution >= 4 is 39.5 Å². The number of nitriles is 1. The number of nitro groups is 1. The third-order valence-electron chi connectivity index (χ3n) is 4.25. The number of fused-ring (bicyclic) bond motifs is 1. The molecule has 0 spiro atoms. The SMILES string of the molecule is C[C@@H]1CCc2c(sc(NC(=O)c3cc(Cl)ccc3[N+](=O)[O-])c2C#N)C1. The summed E-state index contributed by atoms with van der Waals surface area (Å²) in [6.45, 7) is 2.16. The molecule has 0 radical (unpaired) electrons. The van der Waals surface area contributed by atoms with E-state index < -0.39 is 10.8 Å². The third-order valence-corrected chi connectivity index (χ3v) is 5.66. The molecule has 1 aromatic carbocycles. The lowest BCUT2D eigenvalue weighted by atomic mass is 9.88. The molecule has 3 rings (SSSR count). The topological polar surface area (TPSA) is 96.0 Å².